The highest BCUT2D eigenvalue weighted by Gasteiger charge is 2.42. The molecule has 0 atom stereocenters. The third kappa shape index (κ3) is 2.56. The second kappa shape index (κ2) is 4.88. The Balaban J connectivity index is 2.08. The van der Waals surface area contributed by atoms with E-state index in [0.29, 0.717) is 5.56 Å². The lowest BCUT2D eigenvalue weighted by molar-refractivity contribution is -0.137. The number of hydrogen-bond acceptors (Lipinski definition) is 1. The van der Waals surface area contributed by atoms with Gasteiger partial charge in [0, 0.05) is 5.54 Å². The molecule has 0 spiro atoms. The standard InChI is InChI=1S/C17H16F3N/c1-21-16(9-10-16)13-6-4-5-12(11-13)14-7-2-3-8-15(14)17(18,19)20/h2-8,11,21H,9-10H2,1H3. The minimum atomic E-state index is -4.34. The zero-order valence-electron chi connectivity index (χ0n) is 11.7. The van der Waals surface area contributed by atoms with Crippen molar-refractivity contribution in [1.29, 1.82) is 0 Å². The second-order valence-corrected chi connectivity index (χ2v) is 5.46. The van der Waals surface area contributed by atoms with Crippen molar-refractivity contribution in [3.63, 3.8) is 0 Å². The van der Waals surface area contributed by atoms with Crippen molar-refractivity contribution in [2.75, 3.05) is 7.05 Å². The lowest BCUT2D eigenvalue weighted by atomic mass is 9.95. The third-order valence-corrected chi connectivity index (χ3v) is 4.19. The van der Waals surface area contributed by atoms with Gasteiger partial charge in [0.25, 0.3) is 0 Å². The molecule has 0 aromatic heterocycles. The van der Waals surface area contributed by atoms with Crippen LogP contribution in [-0.2, 0) is 11.7 Å². The van der Waals surface area contributed by atoms with Crippen LogP contribution >= 0.6 is 0 Å². The topological polar surface area (TPSA) is 12.0 Å². The van der Waals surface area contributed by atoms with Crippen LogP contribution in [0.2, 0.25) is 0 Å². The van der Waals surface area contributed by atoms with Gasteiger partial charge in [-0.05, 0) is 48.7 Å². The molecule has 2 aromatic rings. The summed E-state index contributed by atoms with van der Waals surface area (Å²) >= 11 is 0. The van der Waals surface area contributed by atoms with Gasteiger partial charge in [0.15, 0.2) is 0 Å². The van der Waals surface area contributed by atoms with Gasteiger partial charge in [0.1, 0.15) is 0 Å². The summed E-state index contributed by atoms with van der Waals surface area (Å²) in [5.41, 5.74) is 1.26. The first kappa shape index (κ1) is 14.1. The smallest absolute Gasteiger partial charge is 0.310 e. The van der Waals surface area contributed by atoms with E-state index in [1.807, 2.05) is 25.2 Å². The largest absolute Gasteiger partial charge is 0.417 e. The monoisotopic (exact) mass is 291 g/mol. The maximum atomic E-state index is 13.1. The Morgan fingerprint density at radius 2 is 1.71 bits per heavy atom. The fourth-order valence-electron chi connectivity index (χ4n) is 2.77. The predicted molar refractivity (Wildman–Crippen MR) is 76.9 cm³/mol. The van der Waals surface area contributed by atoms with Gasteiger partial charge < -0.3 is 5.32 Å². The summed E-state index contributed by atoms with van der Waals surface area (Å²) in [4.78, 5) is 0. The van der Waals surface area contributed by atoms with Crippen LogP contribution < -0.4 is 5.32 Å². The Morgan fingerprint density at radius 3 is 2.33 bits per heavy atom. The SMILES string of the molecule is CNC1(c2cccc(-c3ccccc3C(F)(F)F)c2)CC1. The molecule has 2 aromatic carbocycles. The second-order valence-electron chi connectivity index (χ2n) is 5.46. The molecule has 0 saturated heterocycles. The molecule has 0 bridgehead atoms. The predicted octanol–water partition coefficient (Wildman–Crippen LogP) is 4.58. The lowest BCUT2D eigenvalue weighted by Gasteiger charge is -2.17. The molecular weight excluding hydrogens is 275 g/mol. The summed E-state index contributed by atoms with van der Waals surface area (Å²) in [5, 5.41) is 3.27. The summed E-state index contributed by atoms with van der Waals surface area (Å²) in [6.07, 6.45) is -2.30. The summed E-state index contributed by atoms with van der Waals surface area (Å²) in [5.74, 6) is 0. The maximum absolute atomic E-state index is 13.1. The normalized spacial score (nSPS) is 16.8. The Labute approximate surface area is 121 Å². The van der Waals surface area contributed by atoms with Crippen LogP contribution in [0.4, 0.5) is 13.2 Å². The minimum Gasteiger partial charge on any atom is -0.310 e. The van der Waals surface area contributed by atoms with E-state index in [1.54, 1.807) is 12.1 Å². The molecule has 1 saturated carbocycles. The van der Waals surface area contributed by atoms with Gasteiger partial charge in [-0.2, -0.15) is 13.2 Å². The van der Waals surface area contributed by atoms with Crippen LogP contribution in [-0.4, -0.2) is 7.05 Å². The van der Waals surface area contributed by atoms with Crippen molar-refractivity contribution < 1.29 is 13.2 Å². The molecule has 0 heterocycles. The lowest BCUT2D eigenvalue weighted by Crippen LogP contribution is -2.24. The average Bonchev–Trinajstić information content (AvgIpc) is 3.28. The molecular formula is C17H16F3N. The van der Waals surface area contributed by atoms with Crippen molar-refractivity contribution in [1.82, 2.24) is 5.32 Å². The maximum Gasteiger partial charge on any atom is 0.417 e. The fraction of sp³-hybridized carbons (Fsp3) is 0.294. The zero-order valence-corrected chi connectivity index (χ0v) is 11.7. The van der Waals surface area contributed by atoms with E-state index in [0.717, 1.165) is 24.5 Å². The van der Waals surface area contributed by atoms with Crippen LogP contribution in [0.15, 0.2) is 48.5 Å². The van der Waals surface area contributed by atoms with E-state index in [1.165, 1.54) is 12.1 Å². The van der Waals surface area contributed by atoms with Crippen LogP contribution in [0, 0.1) is 0 Å². The van der Waals surface area contributed by atoms with E-state index >= 15 is 0 Å². The van der Waals surface area contributed by atoms with Crippen LogP contribution in [0.1, 0.15) is 24.0 Å². The minimum absolute atomic E-state index is 0.0524. The van der Waals surface area contributed by atoms with Crippen LogP contribution in [0.3, 0.4) is 0 Å². The van der Waals surface area contributed by atoms with Gasteiger partial charge >= 0.3 is 6.18 Å². The molecule has 0 unspecified atom stereocenters. The molecule has 1 aliphatic rings. The number of nitrogens with one attached hydrogen (secondary N) is 1. The molecule has 0 aliphatic heterocycles. The van der Waals surface area contributed by atoms with Crippen molar-refractivity contribution in [2.24, 2.45) is 0 Å². The summed E-state index contributed by atoms with van der Waals surface area (Å²) in [7, 11) is 1.89. The van der Waals surface area contributed by atoms with Crippen molar-refractivity contribution in [2.45, 2.75) is 24.6 Å². The summed E-state index contributed by atoms with van der Waals surface area (Å²) < 4.78 is 39.4. The number of hydrogen-bond donors (Lipinski definition) is 1. The van der Waals surface area contributed by atoms with Gasteiger partial charge in [0.05, 0.1) is 5.56 Å². The van der Waals surface area contributed by atoms with E-state index in [2.05, 4.69) is 5.32 Å². The van der Waals surface area contributed by atoms with Gasteiger partial charge in [-0.15, -0.1) is 0 Å². The quantitative estimate of drug-likeness (QED) is 0.872. The first-order chi connectivity index (χ1) is 9.96. The molecule has 110 valence electrons. The highest BCUT2D eigenvalue weighted by atomic mass is 19.4. The highest BCUT2D eigenvalue weighted by molar-refractivity contribution is 5.69. The Morgan fingerprint density at radius 1 is 1.00 bits per heavy atom. The van der Waals surface area contributed by atoms with E-state index in [4.69, 9.17) is 0 Å². The molecule has 3 rings (SSSR count). The average molecular weight is 291 g/mol. The van der Waals surface area contributed by atoms with Crippen molar-refractivity contribution in [3.05, 3.63) is 59.7 Å². The van der Waals surface area contributed by atoms with Gasteiger partial charge in [-0.3, -0.25) is 0 Å². The number of alkyl halides is 3. The third-order valence-electron chi connectivity index (χ3n) is 4.19. The first-order valence-corrected chi connectivity index (χ1v) is 6.92. The number of halogens is 3. The van der Waals surface area contributed by atoms with Crippen LogP contribution in [0.5, 0.6) is 0 Å². The van der Waals surface area contributed by atoms with Gasteiger partial charge in [-0.1, -0.05) is 36.4 Å². The molecule has 1 aliphatic carbocycles. The summed E-state index contributed by atoms with van der Waals surface area (Å²) in [6.45, 7) is 0. The van der Waals surface area contributed by atoms with Crippen molar-refractivity contribution >= 4 is 0 Å². The van der Waals surface area contributed by atoms with Gasteiger partial charge in [0.2, 0.25) is 0 Å². The fourth-order valence-corrected chi connectivity index (χ4v) is 2.77. The van der Waals surface area contributed by atoms with Crippen molar-refractivity contribution in [3.8, 4) is 11.1 Å². The van der Waals surface area contributed by atoms with E-state index in [9.17, 15) is 13.2 Å². The molecule has 1 nitrogen and oxygen atoms in total. The Bertz CT molecular complexity index is 657. The summed E-state index contributed by atoms with van der Waals surface area (Å²) in [6, 6.07) is 13.1. The Kier molecular flexibility index (Phi) is 3.29. The Hall–Kier alpha value is -1.81. The molecule has 4 heteroatoms. The number of benzene rings is 2. The van der Waals surface area contributed by atoms with E-state index < -0.39 is 11.7 Å². The zero-order chi connectivity index (χ0) is 15.1. The first-order valence-electron chi connectivity index (χ1n) is 6.92. The molecule has 21 heavy (non-hydrogen) atoms. The molecule has 0 radical (unpaired) electrons. The van der Waals surface area contributed by atoms with Crippen LogP contribution in [0.25, 0.3) is 11.1 Å². The molecule has 0 amide bonds. The van der Waals surface area contributed by atoms with Gasteiger partial charge in [-0.25, -0.2) is 0 Å². The molecule has 1 fully saturated rings. The van der Waals surface area contributed by atoms with E-state index in [-0.39, 0.29) is 11.1 Å². The number of rotatable bonds is 3. The highest BCUT2D eigenvalue weighted by Crippen LogP contribution is 2.46. The molecule has 1 N–H and O–H groups in total.